The molecule has 0 bridgehead atoms. The molecule has 2 rings (SSSR count). The van der Waals surface area contributed by atoms with E-state index in [1.165, 1.54) is 18.4 Å². The molecule has 0 atom stereocenters. The maximum Gasteiger partial charge on any atom is 0.188 e. The van der Waals surface area contributed by atoms with Crippen molar-refractivity contribution in [1.82, 2.24) is 10.2 Å². The molecule has 0 spiro atoms. The average Bonchev–Trinajstić information content (AvgIpc) is 3.37. The van der Waals surface area contributed by atoms with Gasteiger partial charge in [0.1, 0.15) is 5.75 Å². The number of guanidine groups is 1. The SMILES string of the molecule is CCN(CCN=C(N)NCCc1ccc(OC)cc1)C1CC1. The predicted octanol–water partition coefficient (Wildman–Crippen LogP) is 1.63. The van der Waals surface area contributed by atoms with Crippen LogP contribution in [0.4, 0.5) is 0 Å². The van der Waals surface area contributed by atoms with Gasteiger partial charge in [0.25, 0.3) is 0 Å². The van der Waals surface area contributed by atoms with Crippen LogP contribution >= 0.6 is 0 Å². The number of nitrogens with zero attached hydrogens (tertiary/aromatic N) is 2. The first kappa shape index (κ1) is 16.6. The zero-order valence-corrected chi connectivity index (χ0v) is 13.7. The Kier molecular flexibility index (Phi) is 6.52. The number of nitrogens with two attached hydrogens (primary N) is 1. The summed E-state index contributed by atoms with van der Waals surface area (Å²) in [4.78, 5) is 6.88. The highest BCUT2D eigenvalue weighted by atomic mass is 16.5. The predicted molar refractivity (Wildman–Crippen MR) is 91.5 cm³/mol. The highest BCUT2D eigenvalue weighted by Gasteiger charge is 2.26. The van der Waals surface area contributed by atoms with Crippen LogP contribution in [-0.4, -0.2) is 50.2 Å². The molecule has 1 saturated carbocycles. The normalized spacial score (nSPS) is 15.1. The van der Waals surface area contributed by atoms with Crippen molar-refractivity contribution in [3.05, 3.63) is 29.8 Å². The third-order valence-corrected chi connectivity index (χ3v) is 4.02. The van der Waals surface area contributed by atoms with E-state index >= 15 is 0 Å². The summed E-state index contributed by atoms with van der Waals surface area (Å²) in [6.07, 6.45) is 3.60. The smallest absolute Gasteiger partial charge is 0.188 e. The first-order valence-corrected chi connectivity index (χ1v) is 8.13. The van der Waals surface area contributed by atoms with Crippen molar-refractivity contribution < 1.29 is 4.74 Å². The summed E-state index contributed by atoms with van der Waals surface area (Å²) in [5, 5.41) is 3.17. The van der Waals surface area contributed by atoms with Crippen molar-refractivity contribution in [3.63, 3.8) is 0 Å². The molecule has 0 saturated heterocycles. The van der Waals surface area contributed by atoms with E-state index in [9.17, 15) is 0 Å². The number of aliphatic imine (C=N–C) groups is 1. The molecule has 5 nitrogen and oxygen atoms in total. The van der Waals surface area contributed by atoms with Crippen LogP contribution in [-0.2, 0) is 6.42 Å². The Hall–Kier alpha value is -1.75. The van der Waals surface area contributed by atoms with E-state index in [0.29, 0.717) is 5.96 Å². The van der Waals surface area contributed by atoms with Crippen LogP contribution in [0.5, 0.6) is 5.75 Å². The molecule has 0 amide bonds. The van der Waals surface area contributed by atoms with E-state index in [1.807, 2.05) is 12.1 Å². The number of hydrogen-bond donors (Lipinski definition) is 2. The highest BCUT2D eigenvalue weighted by molar-refractivity contribution is 5.77. The average molecular weight is 304 g/mol. The van der Waals surface area contributed by atoms with Gasteiger partial charge in [-0.3, -0.25) is 9.89 Å². The van der Waals surface area contributed by atoms with E-state index in [-0.39, 0.29) is 0 Å². The molecule has 0 unspecified atom stereocenters. The second-order valence-corrected chi connectivity index (χ2v) is 5.65. The molecule has 1 aliphatic carbocycles. The van der Waals surface area contributed by atoms with Gasteiger partial charge in [-0.25, -0.2) is 0 Å². The maximum absolute atomic E-state index is 5.90. The molecule has 0 heterocycles. The molecule has 22 heavy (non-hydrogen) atoms. The lowest BCUT2D eigenvalue weighted by atomic mass is 10.1. The Balaban J connectivity index is 1.63. The standard InChI is InChI=1S/C17H28N4O/c1-3-21(15-6-7-15)13-12-20-17(18)19-11-10-14-4-8-16(22-2)9-5-14/h4-5,8-9,15H,3,6-7,10-13H2,1-2H3,(H3,18,19,20). The molecular weight excluding hydrogens is 276 g/mol. The number of likely N-dealkylation sites (N-methyl/N-ethyl adjacent to an activating group) is 1. The lowest BCUT2D eigenvalue weighted by molar-refractivity contribution is 0.286. The summed E-state index contributed by atoms with van der Waals surface area (Å²) in [5.74, 6) is 1.43. The number of benzene rings is 1. The molecule has 1 aliphatic rings. The van der Waals surface area contributed by atoms with E-state index < -0.39 is 0 Å². The summed E-state index contributed by atoms with van der Waals surface area (Å²) in [7, 11) is 1.68. The van der Waals surface area contributed by atoms with Crippen LogP contribution in [0.15, 0.2) is 29.3 Å². The Labute approximate surface area is 133 Å². The van der Waals surface area contributed by atoms with E-state index in [2.05, 4.69) is 34.3 Å². The summed E-state index contributed by atoms with van der Waals surface area (Å²) in [6, 6.07) is 8.89. The zero-order chi connectivity index (χ0) is 15.8. The molecular formula is C17H28N4O. The van der Waals surface area contributed by atoms with Gasteiger partial charge < -0.3 is 15.8 Å². The summed E-state index contributed by atoms with van der Waals surface area (Å²) < 4.78 is 5.15. The van der Waals surface area contributed by atoms with Gasteiger partial charge in [-0.15, -0.1) is 0 Å². The summed E-state index contributed by atoms with van der Waals surface area (Å²) in [6.45, 7) is 5.87. The Bertz CT molecular complexity index is 468. The minimum absolute atomic E-state index is 0.542. The highest BCUT2D eigenvalue weighted by Crippen LogP contribution is 2.25. The Morgan fingerprint density at radius 1 is 1.36 bits per heavy atom. The number of methoxy groups -OCH3 is 1. The molecule has 0 aliphatic heterocycles. The topological polar surface area (TPSA) is 62.9 Å². The monoisotopic (exact) mass is 304 g/mol. The van der Waals surface area contributed by atoms with Gasteiger partial charge in [0.05, 0.1) is 13.7 Å². The maximum atomic E-state index is 5.90. The van der Waals surface area contributed by atoms with Gasteiger partial charge in [-0.2, -0.15) is 0 Å². The minimum Gasteiger partial charge on any atom is -0.497 e. The van der Waals surface area contributed by atoms with Crippen molar-refractivity contribution in [1.29, 1.82) is 0 Å². The second kappa shape index (κ2) is 8.63. The molecule has 1 aromatic rings. The van der Waals surface area contributed by atoms with E-state index in [4.69, 9.17) is 10.5 Å². The van der Waals surface area contributed by atoms with Crippen LogP contribution in [0.2, 0.25) is 0 Å². The van der Waals surface area contributed by atoms with Gasteiger partial charge >= 0.3 is 0 Å². The molecule has 5 heteroatoms. The number of nitrogens with one attached hydrogen (secondary N) is 1. The quantitative estimate of drug-likeness (QED) is 0.538. The van der Waals surface area contributed by atoms with Gasteiger partial charge in [0.2, 0.25) is 0 Å². The lowest BCUT2D eigenvalue weighted by Gasteiger charge is -2.18. The van der Waals surface area contributed by atoms with Crippen molar-refractivity contribution in [2.75, 3.05) is 33.3 Å². The van der Waals surface area contributed by atoms with Gasteiger partial charge in [-0.1, -0.05) is 19.1 Å². The summed E-state index contributed by atoms with van der Waals surface area (Å²) >= 11 is 0. The van der Waals surface area contributed by atoms with E-state index in [1.54, 1.807) is 7.11 Å². The molecule has 1 aromatic carbocycles. The third-order valence-electron chi connectivity index (χ3n) is 4.02. The third kappa shape index (κ3) is 5.56. The van der Waals surface area contributed by atoms with E-state index in [0.717, 1.165) is 44.4 Å². The molecule has 0 aromatic heterocycles. The number of hydrogen-bond acceptors (Lipinski definition) is 3. The van der Waals surface area contributed by atoms with Crippen molar-refractivity contribution in [3.8, 4) is 5.75 Å². The fraction of sp³-hybridized carbons (Fsp3) is 0.588. The van der Waals surface area contributed by atoms with Crippen molar-refractivity contribution in [2.45, 2.75) is 32.2 Å². The van der Waals surface area contributed by atoms with Gasteiger partial charge in [0.15, 0.2) is 5.96 Å². The first-order chi connectivity index (χ1) is 10.7. The van der Waals surface area contributed by atoms with Crippen molar-refractivity contribution >= 4 is 5.96 Å². The first-order valence-electron chi connectivity index (χ1n) is 8.13. The summed E-state index contributed by atoms with van der Waals surface area (Å²) in [5.41, 5.74) is 7.16. The lowest BCUT2D eigenvalue weighted by Crippen LogP contribution is -2.35. The Morgan fingerprint density at radius 2 is 2.09 bits per heavy atom. The van der Waals surface area contributed by atoms with Crippen LogP contribution in [0.3, 0.4) is 0 Å². The van der Waals surface area contributed by atoms with Gasteiger partial charge in [0, 0.05) is 19.1 Å². The second-order valence-electron chi connectivity index (χ2n) is 5.65. The Morgan fingerprint density at radius 3 is 2.68 bits per heavy atom. The van der Waals surface area contributed by atoms with Crippen LogP contribution < -0.4 is 15.8 Å². The molecule has 3 N–H and O–H groups in total. The van der Waals surface area contributed by atoms with Crippen molar-refractivity contribution in [2.24, 2.45) is 10.7 Å². The molecule has 122 valence electrons. The zero-order valence-electron chi connectivity index (χ0n) is 13.7. The minimum atomic E-state index is 0.542. The largest absolute Gasteiger partial charge is 0.497 e. The number of ether oxygens (including phenoxy) is 1. The van der Waals surface area contributed by atoms with Gasteiger partial charge in [-0.05, 0) is 43.5 Å². The number of rotatable bonds is 9. The van der Waals surface area contributed by atoms with Crippen LogP contribution in [0.25, 0.3) is 0 Å². The molecule has 0 radical (unpaired) electrons. The fourth-order valence-electron chi connectivity index (χ4n) is 2.52. The van der Waals surface area contributed by atoms with Crippen LogP contribution in [0, 0.1) is 0 Å². The fourth-order valence-corrected chi connectivity index (χ4v) is 2.52. The van der Waals surface area contributed by atoms with Crippen LogP contribution in [0.1, 0.15) is 25.3 Å². The molecule has 1 fully saturated rings.